The van der Waals surface area contributed by atoms with Crippen molar-refractivity contribution >= 4 is 10.9 Å². The summed E-state index contributed by atoms with van der Waals surface area (Å²) in [5, 5.41) is 5.51. The van der Waals surface area contributed by atoms with Gasteiger partial charge in [0.05, 0.1) is 7.11 Å². The maximum atomic E-state index is 14.2. The van der Waals surface area contributed by atoms with Gasteiger partial charge < -0.3 is 4.74 Å². The predicted octanol–water partition coefficient (Wildman–Crippen LogP) is 4.57. The Morgan fingerprint density at radius 1 is 1.23 bits per heavy atom. The van der Waals surface area contributed by atoms with Crippen LogP contribution in [0.1, 0.15) is 18.9 Å². The third-order valence-electron chi connectivity index (χ3n) is 3.84. The first-order valence-corrected chi connectivity index (χ1v) is 7.45. The van der Waals surface area contributed by atoms with Gasteiger partial charge in [-0.1, -0.05) is 19.1 Å². The highest BCUT2D eigenvalue weighted by Crippen LogP contribution is 2.33. The van der Waals surface area contributed by atoms with Crippen molar-refractivity contribution in [2.75, 3.05) is 7.11 Å². The average Bonchev–Trinajstić information content (AvgIpc) is 2.87. The lowest BCUT2D eigenvalue weighted by Crippen LogP contribution is -2.00. The molecule has 0 saturated heterocycles. The molecule has 4 heteroatoms. The van der Waals surface area contributed by atoms with Crippen LogP contribution in [-0.2, 0) is 6.54 Å². The molecule has 0 aliphatic rings. The van der Waals surface area contributed by atoms with E-state index in [-0.39, 0.29) is 5.82 Å². The van der Waals surface area contributed by atoms with Gasteiger partial charge in [-0.25, -0.2) is 4.39 Å². The highest BCUT2D eigenvalue weighted by atomic mass is 19.1. The SMILES string of the molecule is CCCn1nc(-c2ccc(OC)cc2C)c2cccc(F)c21. The summed E-state index contributed by atoms with van der Waals surface area (Å²) in [7, 11) is 1.65. The summed E-state index contributed by atoms with van der Waals surface area (Å²) in [5.74, 6) is 0.584. The Hall–Kier alpha value is -2.36. The fourth-order valence-electron chi connectivity index (χ4n) is 2.79. The van der Waals surface area contributed by atoms with Crippen LogP contribution in [0.15, 0.2) is 36.4 Å². The minimum absolute atomic E-state index is 0.226. The molecule has 1 aromatic heterocycles. The van der Waals surface area contributed by atoms with Gasteiger partial charge in [-0.2, -0.15) is 5.10 Å². The summed E-state index contributed by atoms with van der Waals surface area (Å²) in [4.78, 5) is 0. The second-order valence-corrected chi connectivity index (χ2v) is 5.39. The van der Waals surface area contributed by atoms with Crippen molar-refractivity contribution in [3.05, 3.63) is 47.8 Å². The molecule has 3 nitrogen and oxygen atoms in total. The van der Waals surface area contributed by atoms with Crippen molar-refractivity contribution in [2.45, 2.75) is 26.8 Å². The Morgan fingerprint density at radius 3 is 2.73 bits per heavy atom. The van der Waals surface area contributed by atoms with Crippen LogP contribution in [-0.4, -0.2) is 16.9 Å². The third kappa shape index (κ3) is 2.34. The monoisotopic (exact) mass is 298 g/mol. The molecule has 0 aliphatic carbocycles. The van der Waals surface area contributed by atoms with Crippen molar-refractivity contribution in [3.8, 4) is 17.0 Å². The molecule has 22 heavy (non-hydrogen) atoms. The number of halogens is 1. The first-order valence-electron chi connectivity index (χ1n) is 7.45. The topological polar surface area (TPSA) is 27.1 Å². The predicted molar refractivity (Wildman–Crippen MR) is 86.7 cm³/mol. The third-order valence-corrected chi connectivity index (χ3v) is 3.84. The fourth-order valence-corrected chi connectivity index (χ4v) is 2.79. The van der Waals surface area contributed by atoms with Crippen molar-refractivity contribution in [2.24, 2.45) is 0 Å². The first kappa shape index (κ1) is 14.6. The summed E-state index contributed by atoms with van der Waals surface area (Å²) >= 11 is 0. The maximum absolute atomic E-state index is 14.2. The van der Waals surface area contributed by atoms with E-state index in [1.807, 2.05) is 31.2 Å². The number of rotatable bonds is 4. The number of para-hydroxylation sites is 1. The summed E-state index contributed by atoms with van der Waals surface area (Å²) in [5.41, 5.74) is 3.47. The van der Waals surface area contributed by atoms with Gasteiger partial charge >= 0.3 is 0 Å². The number of hydrogen-bond donors (Lipinski definition) is 0. The Bertz CT molecular complexity index is 823. The molecule has 0 N–H and O–H groups in total. The average molecular weight is 298 g/mol. The molecule has 0 bridgehead atoms. The second kappa shape index (κ2) is 5.79. The normalized spacial score (nSPS) is 11.1. The zero-order valence-electron chi connectivity index (χ0n) is 13.1. The van der Waals surface area contributed by atoms with E-state index in [9.17, 15) is 4.39 Å². The lowest BCUT2D eigenvalue weighted by atomic mass is 10.0. The number of hydrogen-bond acceptors (Lipinski definition) is 2. The van der Waals surface area contributed by atoms with Gasteiger partial charge in [0.15, 0.2) is 0 Å². The molecular weight excluding hydrogens is 279 g/mol. The quantitative estimate of drug-likeness (QED) is 0.705. The van der Waals surface area contributed by atoms with Gasteiger partial charge in [0.1, 0.15) is 22.8 Å². The van der Waals surface area contributed by atoms with Crippen LogP contribution in [0, 0.1) is 12.7 Å². The van der Waals surface area contributed by atoms with E-state index in [1.54, 1.807) is 17.9 Å². The Morgan fingerprint density at radius 2 is 2.05 bits per heavy atom. The highest BCUT2D eigenvalue weighted by molar-refractivity contribution is 5.94. The number of ether oxygens (including phenoxy) is 1. The van der Waals surface area contributed by atoms with Crippen LogP contribution in [0.25, 0.3) is 22.2 Å². The lowest BCUT2D eigenvalue weighted by Gasteiger charge is -2.06. The van der Waals surface area contributed by atoms with Gasteiger partial charge in [-0.05, 0) is 43.2 Å². The van der Waals surface area contributed by atoms with Crippen molar-refractivity contribution in [3.63, 3.8) is 0 Å². The van der Waals surface area contributed by atoms with Gasteiger partial charge in [-0.3, -0.25) is 4.68 Å². The molecule has 3 aromatic rings. The van der Waals surface area contributed by atoms with Gasteiger partial charge in [0, 0.05) is 17.5 Å². The number of aryl methyl sites for hydroxylation is 2. The van der Waals surface area contributed by atoms with E-state index < -0.39 is 0 Å². The molecule has 1 heterocycles. The van der Waals surface area contributed by atoms with E-state index in [0.717, 1.165) is 34.4 Å². The van der Waals surface area contributed by atoms with E-state index in [4.69, 9.17) is 4.74 Å². The van der Waals surface area contributed by atoms with Crippen LogP contribution < -0.4 is 4.74 Å². The number of methoxy groups -OCH3 is 1. The van der Waals surface area contributed by atoms with Gasteiger partial charge in [0.25, 0.3) is 0 Å². The fraction of sp³-hybridized carbons (Fsp3) is 0.278. The van der Waals surface area contributed by atoms with E-state index in [2.05, 4.69) is 12.0 Å². The molecule has 3 rings (SSSR count). The molecule has 0 amide bonds. The summed E-state index contributed by atoms with van der Waals surface area (Å²) in [6, 6.07) is 11.0. The number of fused-ring (bicyclic) bond motifs is 1. The standard InChI is InChI=1S/C18H19FN2O/c1-4-10-21-18-15(6-5-7-16(18)19)17(20-21)14-9-8-13(22-3)11-12(14)2/h5-9,11H,4,10H2,1-3H3. The van der Waals surface area contributed by atoms with Crippen LogP contribution in [0.4, 0.5) is 4.39 Å². The maximum Gasteiger partial charge on any atom is 0.149 e. The molecule has 0 radical (unpaired) electrons. The van der Waals surface area contributed by atoms with Crippen molar-refractivity contribution < 1.29 is 9.13 Å². The molecule has 0 atom stereocenters. The molecule has 0 aliphatic heterocycles. The Balaban J connectivity index is 2.25. The molecule has 0 fully saturated rings. The zero-order valence-corrected chi connectivity index (χ0v) is 13.1. The van der Waals surface area contributed by atoms with E-state index in [0.29, 0.717) is 12.1 Å². The van der Waals surface area contributed by atoms with Crippen LogP contribution in [0.3, 0.4) is 0 Å². The molecule has 0 saturated carbocycles. The Labute approximate surface area is 129 Å². The lowest BCUT2D eigenvalue weighted by molar-refractivity contribution is 0.414. The molecule has 0 unspecified atom stereocenters. The largest absolute Gasteiger partial charge is 0.497 e. The highest BCUT2D eigenvalue weighted by Gasteiger charge is 2.16. The number of aromatic nitrogens is 2. The number of benzene rings is 2. The van der Waals surface area contributed by atoms with Gasteiger partial charge in [-0.15, -0.1) is 0 Å². The molecule has 0 spiro atoms. The zero-order chi connectivity index (χ0) is 15.7. The molecular formula is C18H19FN2O. The second-order valence-electron chi connectivity index (χ2n) is 5.39. The van der Waals surface area contributed by atoms with E-state index >= 15 is 0 Å². The minimum Gasteiger partial charge on any atom is -0.497 e. The van der Waals surface area contributed by atoms with Crippen LogP contribution >= 0.6 is 0 Å². The summed E-state index contributed by atoms with van der Waals surface area (Å²) in [6.07, 6.45) is 0.909. The van der Waals surface area contributed by atoms with Crippen molar-refractivity contribution in [1.29, 1.82) is 0 Å². The summed E-state index contributed by atoms with van der Waals surface area (Å²) in [6.45, 7) is 4.78. The van der Waals surface area contributed by atoms with Crippen LogP contribution in [0.5, 0.6) is 5.75 Å². The Kier molecular flexibility index (Phi) is 3.84. The number of nitrogens with zero attached hydrogens (tertiary/aromatic N) is 2. The smallest absolute Gasteiger partial charge is 0.149 e. The van der Waals surface area contributed by atoms with Gasteiger partial charge in [0.2, 0.25) is 0 Å². The van der Waals surface area contributed by atoms with Crippen LogP contribution in [0.2, 0.25) is 0 Å². The first-order chi connectivity index (χ1) is 10.7. The molecule has 114 valence electrons. The summed E-state index contributed by atoms with van der Waals surface area (Å²) < 4.78 is 21.3. The molecule has 2 aromatic carbocycles. The minimum atomic E-state index is -0.226. The van der Waals surface area contributed by atoms with E-state index in [1.165, 1.54) is 6.07 Å². The van der Waals surface area contributed by atoms with Crippen molar-refractivity contribution in [1.82, 2.24) is 9.78 Å².